The fourth-order valence-corrected chi connectivity index (χ4v) is 2.74. The van der Waals surface area contributed by atoms with Crippen molar-refractivity contribution in [3.8, 4) is 0 Å². The maximum Gasteiger partial charge on any atom is 0.417 e. The van der Waals surface area contributed by atoms with Crippen LogP contribution in [0.4, 0.5) is 31.1 Å². The lowest BCUT2D eigenvalue weighted by atomic mass is 9.98. The molecule has 178 valence electrons. The summed E-state index contributed by atoms with van der Waals surface area (Å²) in [6, 6.07) is 6.68. The van der Waals surface area contributed by atoms with E-state index >= 15 is 0 Å². The second kappa shape index (κ2) is 10.2. The predicted molar refractivity (Wildman–Crippen MR) is 102 cm³/mol. The Morgan fingerprint density at radius 1 is 0.818 bits per heavy atom. The summed E-state index contributed by atoms with van der Waals surface area (Å²) in [5.74, 6) is -3.70. The molecule has 0 fully saturated rings. The summed E-state index contributed by atoms with van der Waals surface area (Å²) in [7, 11) is 0. The van der Waals surface area contributed by atoms with Crippen molar-refractivity contribution in [2.75, 3.05) is 6.54 Å². The predicted octanol–water partition coefficient (Wildman–Crippen LogP) is 3.41. The highest BCUT2D eigenvalue weighted by atomic mass is 19.4. The van der Waals surface area contributed by atoms with Crippen molar-refractivity contribution in [1.29, 1.82) is 0 Å². The van der Waals surface area contributed by atoms with Gasteiger partial charge in [-0.15, -0.1) is 0 Å². The fourth-order valence-electron chi connectivity index (χ4n) is 2.74. The van der Waals surface area contributed by atoms with Crippen LogP contribution < -0.4 is 16.0 Å². The van der Waals surface area contributed by atoms with E-state index in [-0.39, 0.29) is 18.7 Å². The Morgan fingerprint density at radius 3 is 1.85 bits per heavy atom. The lowest BCUT2D eigenvalue weighted by molar-refractivity contribution is -0.143. The number of aliphatic carboxylic acids is 1. The summed E-state index contributed by atoms with van der Waals surface area (Å²) < 4.78 is 79.3. The van der Waals surface area contributed by atoms with Gasteiger partial charge in [0, 0.05) is 6.54 Å². The molecule has 0 aliphatic heterocycles. The van der Waals surface area contributed by atoms with E-state index in [0.29, 0.717) is 11.6 Å². The second-order valence-corrected chi connectivity index (χ2v) is 6.64. The van der Waals surface area contributed by atoms with E-state index in [1.165, 1.54) is 0 Å². The van der Waals surface area contributed by atoms with Crippen molar-refractivity contribution in [3.63, 3.8) is 0 Å². The van der Waals surface area contributed by atoms with Crippen LogP contribution in [0.25, 0.3) is 0 Å². The number of carbonyl (C=O) groups is 3. The molecule has 0 saturated carbocycles. The van der Waals surface area contributed by atoms with Gasteiger partial charge in [0.2, 0.25) is 0 Å². The second-order valence-electron chi connectivity index (χ2n) is 6.64. The largest absolute Gasteiger partial charge is 0.480 e. The zero-order chi connectivity index (χ0) is 24.8. The average molecular weight is 477 g/mol. The van der Waals surface area contributed by atoms with Gasteiger partial charge < -0.3 is 21.1 Å². The number of carboxylic acid groups (broad SMARTS) is 1. The van der Waals surface area contributed by atoms with Crippen LogP contribution in [0, 0.1) is 0 Å². The van der Waals surface area contributed by atoms with Crippen LogP contribution in [0.1, 0.15) is 27.0 Å². The number of carboxylic acids is 1. The van der Waals surface area contributed by atoms with Gasteiger partial charge in [-0.05, 0) is 17.7 Å². The number of urea groups is 1. The standard InChI is InChI=1S/C20H17F6N3O4/c21-19(22,23)12-7-4-8-13(20(24,25)26)15(12)16(30)29-14(17(31)32)10-28-18(33)27-9-11-5-2-1-3-6-11/h1-8,14H,9-10H2,(H,29,30)(H,31,32)(H2,27,28,33). The molecule has 13 heteroatoms. The first-order valence-electron chi connectivity index (χ1n) is 9.17. The lowest BCUT2D eigenvalue weighted by Gasteiger charge is -2.20. The summed E-state index contributed by atoms with van der Waals surface area (Å²) in [5.41, 5.74) is -4.82. The first-order chi connectivity index (χ1) is 15.3. The van der Waals surface area contributed by atoms with Crippen molar-refractivity contribution in [1.82, 2.24) is 16.0 Å². The molecule has 0 radical (unpaired) electrons. The normalized spacial score (nSPS) is 12.5. The van der Waals surface area contributed by atoms with Gasteiger partial charge in [-0.2, -0.15) is 26.3 Å². The first kappa shape index (κ1) is 25.5. The summed E-state index contributed by atoms with van der Waals surface area (Å²) in [6.07, 6.45) is -10.6. The van der Waals surface area contributed by atoms with Gasteiger partial charge >= 0.3 is 24.4 Å². The van der Waals surface area contributed by atoms with Gasteiger partial charge in [-0.1, -0.05) is 36.4 Å². The molecule has 2 aromatic carbocycles. The molecule has 3 amide bonds. The van der Waals surface area contributed by atoms with Crippen LogP contribution in [-0.2, 0) is 23.7 Å². The Bertz CT molecular complexity index is 977. The van der Waals surface area contributed by atoms with Crippen molar-refractivity contribution < 1.29 is 45.8 Å². The molecular weight excluding hydrogens is 460 g/mol. The Balaban J connectivity index is 2.15. The average Bonchev–Trinajstić information content (AvgIpc) is 2.73. The Morgan fingerprint density at radius 2 is 1.36 bits per heavy atom. The molecule has 0 heterocycles. The van der Waals surface area contributed by atoms with E-state index in [1.807, 2.05) is 0 Å². The molecule has 0 aliphatic carbocycles. The van der Waals surface area contributed by atoms with Crippen LogP contribution in [-0.4, -0.2) is 35.6 Å². The molecule has 33 heavy (non-hydrogen) atoms. The van der Waals surface area contributed by atoms with Crippen molar-refractivity contribution in [3.05, 3.63) is 70.8 Å². The highest BCUT2D eigenvalue weighted by molar-refractivity contribution is 5.99. The molecule has 0 aliphatic rings. The number of halogens is 6. The summed E-state index contributed by atoms with van der Waals surface area (Å²) in [6.45, 7) is -0.748. The van der Waals surface area contributed by atoms with E-state index in [1.54, 1.807) is 35.6 Å². The minimum atomic E-state index is -5.32. The van der Waals surface area contributed by atoms with Gasteiger partial charge in [-0.25, -0.2) is 9.59 Å². The number of nitrogens with one attached hydrogen (secondary N) is 3. The van der Waals surface area contributed by atoms with Gasteiger partial charge in [0.15, 0.2) is 0 Å². The number of amides is 3. The van der Waals surface area contributed by atoms with Crippen LogP contribution in [0.15, 0.2) is 48.5 Å². The molecule has 7 nitrogen and oxygen atoms in total. The van der Waals surface area contributed by atoms with Gasteiger partial charge in [-0.3, -0.25) is 4.79 Å². The topological polar surface area (TPSA) is 108 Å². The highest BCUT2D eigenvalue weighted by Crippen LogP contribution is 2.39. The number of carbonyl (C=O) groups excluding carboxylic acids is 2. The van der Waals surface area contributed by atoms with Crippen LogP contribution in [0.5, 0.6) is 0 Å². The molecule has 0 bridgehead atoms. The van der Waals surface area contributed by atoms with Crippen molar-refractivity contribution in [2.45, 2.75) is 24.9 Å². The molecule has 2 aromatic rings. The first-order valence-corrected chi connectivity index (χ1v) is 9.17. The van der Waals surface area contributed by atoms with E-state index in [2.05, 4.69) is 10.6 Å². The third-order valence-corrected chi connectivity index (χ3v) is 4.27. The molecule has 2 rings (SSSR count). The SMILES string of the molecule is O=C(NCc1ccccc1)NCC(NC(=O)c1c(C(F)(F)F)cccc1C(F)(F)F)C(=O)O. The number of benzene rings is 2. The lowest BCUT2D eigenvalue weighted by Crippen LogP contribution is -2.50. The summed E-state index contributed by atoms with van der Waals surface area (Å²) in [4.78, 5) is 35.6. The monoisotopic (exact) mass is 477 g/mol. The van der Waals surface area contributed by atoms with Crippen molar-refractivity contribution >= 4 is 17.9 Å². The summed E-state index contributed by atoms with van der Waals surface area (Å²) >= 11 is 0. The highest BCUT2D eigenvalue weighted by Gasteiger charge is 2.43. The van der Waals surface area contributed by atoms with E-state index in [0.717, 1.165) is 0 Å². The smallest absolute Gasteiger partial charge is 0.417 e. The van der Waals surface area contributed by atoms with Crippen LogP contribution in [0.2, 0.25) is 0 Å². The van der Waals surface area contributed by atoms with Crippen molar-refractivity contribution in [2.24, 2.45) is 0 Å². The van der Waals surface area contributed by atoms with E-state index < -0.39 is 59.5 Å². The minimum absolute atomic E-state index is 0.0602. The van der Waals surface area contributed by atoms with E-state index in [4.69, 9.17) is 0 Å². The van der Waals surface area contributed by atoms with Crippen LogP contribution in [0.3, 0.4) is 0 Å². The third kappa shape index (κ3) is 7.12. The van der Waals surface area contributed by atoms with Crippen LogP contribution >= 0.6 is 0 Å². The van der Waals surface area contributed by atoms with Gasteiger partial charge in [0.25, 0.3) is 5.91 Å². The maximum absolute atomic E-state index is 13.2. The minimum Gasteiger partial charge on any atom is -0.480 e. The molecule has 0 spiro atoms. The zero-order valence-corrected chi connectivity index (χ0v) is 16.6. The zero-order valence-electron chi connectivity index (χ0n) is 16.6. The molecule has 0 aromatic heterocycles. The molecule has 4 N–H and O–H groups in total. The maximum atomic E-state index is 13.2. The fraction of sp³-hybridized carbons (Fsp3) is 0.250. The Kier molecular flexibility index (Phi) is 7.90. The number of hydrogen-bond donors (Lipinski definition) is 4. The van der Waals surface area contributed by atoms with Gasteiger partial charge in [0.1, 0.15) is 6.04 Å². The quantitative estimate of drug-likeness (QED) is 0.459. The Labute approximate surface area is 182 Å². The number of rotatable bonds is 7. The number of hydrogen-bond acceptors (Lipinski definition) is 3. The molecule has 1 atom stereocenters. The van der Waals surface area contributed by atoms with Gasteiger partial charge in [0.05, 0.1) is 23.2 Å². The summed E-state index contributed by atoms with van der Waals surface area (Å²) in [5, 5.41) is 15.3. The molecule has 1 unspecified atom stereocenters. The molecular formula is C20H17F6N3O4. The third-order valence-electron chi connectivity index (χ3n) is 4.27. The molecule has 0 saturated heterocycles. The van der Waals surface area contributed by atoms with E-state index in [9.17, 15) is 45.8 Å². The number of alkyl halides is 6. The Hall–Kier alpha value is -3.77.